The summed E-state index contributed by atoms with van der Waals surface area (Å²) in [4.78, 5) is 2.33. The molecule has 0 amide bonds. The summed E-state index contributed by atoms with van der Waals surface area (Å²) in [5, 5.41) is 9.01. The summed E-state index contributed by atoms with van der Waals surface area (Å²) >= 11 is 0. The highest BCUT2D eigenvalue weighted by molar-refractivity contribution is 5.42. The number of para-hydroxylation sites is 1. The first-order valence-electron chi connectivity index (χ1n) is 6.14. The second kappa shape index (κ2) is 5.70. The number of nitriles is 1. The zero-order valence-electron chi connectivity index (χ0n) is 10.2. The van der Waals surface area contributed by atoms with E-state index in [1.807, 2.05) is 18.2 Å². The van der Waals surface area contributed by atoms with Crippen LogP contribution in [0.4, 0.5) is 0 Å². The molecular formula is C14H18N2O. The van der Waals surface area contributed by atoms with E-state index in [1.54, 1.807) is 6.07 Å². The highest BCUT2D eigenvalue weighted by Gasteiger charge is 2.17. The molecular weight excluding hydrogens is 212 g/mol. The molecule has 0 aliphatic carbocycles. The lowest BCUT2D eigenvalue weighted by molar-refractivity contribution is 0.182. The molecule has 1 fully saturated rings. The number of benzene rings is 1. The molecule has 17 heavy (non-hydrogen) atoms. The van der Waals surface area contributed by atoms with Gasteiger partial charge in [-0.15, -0.1) is 0 Å². The van der Waals surface area contributed by atoms with Crippen molar-refractivity contribution in [2.75, 3.05) is 20.1 Å². The van der Waals surface area contributed by atoms with Gasteiger partial charge in [-0.3, -0.25) is 0 Å². The predicted molar refractivity (Wildman–Crippen MR) is 66.9 cm³/mol. The van der Waals surface area contributed by atoms with Crippen LogP contribution in [0, 0.1) is 11.3 Å². The summed E-state index contributed by atoms with van der Waals surface area (Å²) in [5.74, 6) is 0.726. The lowest BCUT2D eigenvalue weighted by Crippen LogP contribution is -2.21. The van der Waals surface area contributed by atoms with E-state index in [2.05, 4.69) is 18.0 Å². The van der Waals surface area contributed by atoms with Crippen LogP contribution in [0.5, 0.6) is 5.75 Å². The Labute approximate surface area is 103 Å². The molecule has 0 N–H and O–H groups in total. The lowest BCUT2D eigenvalue weighted by Gasteiger charge is -2.18. The minimum Gasteiger partial charge on any atom is -0.489 e. The zero-order valence-corrected chi connectivity index (χ0v) is 10.2. The molecule has 2 rings (SSSR count). The molecule has 1 heterocycles. The standard InChI is InChI=1S/C14H18N2O/c1-16-9-4-6-13(8-10-16)17-14-7-3-2-5-12(14)11-15/h2-3,5,7,13H,4,6,8-10H2,1H3. The molecule has 3 heteroatoms. The monoisotopic (exact) mass is 230 g/mol. The van der Waals surface area contributed by atoms with Gasteiger partial charge in [0.15, 0.2) is 0 Å². The van der Waals surface area contributed by atoms with Crippen LogP contribution in [0.3, 0.4) is 0 Å². The summed E-state index contributed by atoms with van der Waals surface area (Å²) in [6.07, 6.45) is 3.52. The Morgan fingerprint density at radius 2 is 2.12 bits per heavy atom. The first-order chi connectivity index (χ1) is 8.29. The molecule has 0 radical (unpaired) electrons. The Balaban J connectivity index is 2.03. The van der Waals surface area contributed by atoms with Gasteiger partial charge in [0.05, 0.1) is 5.56 Å². The zero-order chi connectivity index (χ0) is 12.1. The number of ether oxygens (including phenoxy) is 1. The normalized spacial score (nSPS) is 21.5. The molecule has 0 saturated carbocycles. The maximum atomic E-state index is 9.01. The summed E-state index contributed by atoms with van der Waals surface area (Å²) < 4.78 is 5.96. The van der Waals surface area contributed by atoms with Gasteiger partial charge in [-0.05, 0) is 45.0 Å². The SMILES string of the molecule is CN1CCCC(Oc2ccccc2C#N)CC1. The number of rotatable bonds is 2. The maximum absolute atomic E-state index is 9.01. The topological polar surface area (TPSA) is 36.3 Å². The second-order valence-electron chi connectivity index (χ2n) is 4.58. The largest absolute Gasteiger partial charge is 0.489 e. The van der Waals surface area contributed by atoms with E-state index >= 15 is 0 Å². The summed E-state index contributed by atoms with van der Waals surface area (Å²) in [6, 6.07) is 9.64. The van der Waals surface area contributed by atoms with Crippen LogP contribution < -0.4 is 4.74 Å². The summed E-state index contributed by atoms with van der Waals surface area (Å²) in [7, 11) is 2.14. The van der Waals surface area contributed by atoms with Crippen molar-refractivity contribution in [3.8, 4) is 11.8 Å². The highest BCUT2D eigenvalue weighted by atomic mass is 16.5. The Morgan fingerprint density at radius 1 is 1.29 bits per heavy atom. The van der Waals surface area contributed by atoms with Crippen molar-refractivity contribution in [2.24, 2.45) is 0 Å². The van der Waals surface area contributed by atoms with Crippen LogP contribution in [-0.4, -0.2) is 31.1 Å². The van der Waals surface area contributed by atoms with Crippen molar-refractivity contribution in [1.82, 2.24) is 4.90 Å². The van der Waals surface area contributed by atoms with E-state index in [-0.39, 0.29) is 6.10 Å². The lowest BCUT2D eigenvalue weighted by atomic mass is 10.1. The molecule has 0 aromatic heterocycles. The van der Waals surface area contributed by atoms with Crippen molar-refractivity contribution >= 4 is 0 Å². The predicted octanol–water partition coefficient (Wildman–Crippen LogP) is 2.42. The van der Waals surface area contributed by atoms with Crippen molar-refractivity contribution < 1.29 is 4.74 Å². The summed E-state index contributed by atoms with van der Waals surface area (Å²) in [6.45, 7) is 2.21. The third-order valence-corrected chi connectivity index (χ3v) is 3.20. The molecule has 1 aliphatic heterocycles. The number of nitrogens with zero attached hydrogens (tertiary/aromatic N) is 2. The fourth-order valence-electron chi connectivity index (χ4n) is 2.17. The highest BCUT2D eigenvalue weighted by Crippen LogP contribution is 2.22. The first-order valence-corrected chi connectivity index (χ1v) is 6.14. The van der Waals surface area contributed by atoms with Gasteiger partial charge in [0.2, 0.25) is 0 Å². The van der Waals surface area contributed by atoms with Crippen molar-refractivity contribution in [1.29, 1.82) is 5.26 Å². The number of hydrogen-bond acceptors (Lipinski definition) is 3. The fraction of sp³-hybridized carbons (Fsp3) is 0.500. The molecule has 3 nitrogen and oxygen atoms in total. The van der Waals surface area contributed by atoms with Gasteiger partial charge >= 0.3 is 0 Å². The van der Waals surface area contributed by atoms with E-state index in [0.717, 1.165) is 38.1 Å². The molecule has 1 aromatic rings. The Morgan fingerprint density at radius 3 is 2.94 bits per heavy atom. The molecule has 1 saturated heterocycles. The van der Waals surface area contributed by atoms with Crippen molar-refractivity contribution in [3.05, 3.63) is 29.8 Å². The van der Waals surface area contributed by atoms with Gasteiger partial charge < -0.3 is 9.64 Å². The molecule has 1 aromatic carbocycles. The first kappa shape index (κ1) is 11.9. The minimum absolute atomic E-state index is 0.245. The van der Waals surface area contributed by atoms with Crippen molar-refractivity contribution in [2.45, 2.75) is 25.4 Å². The summed E-state index contributed by atoms with van der Waals surface area (Å²) in [5.41, 5.74) is 0.630. The second-order valence-corrected chi connectivity index (χ2v) is 4.58. The van der Waals surface area contributed by atoms with Crippen LogP contribution in [0.15, 0.2) is 24.3 Å². The van der Waals surface area contributed by atoms with E-state index in [4.69, 9.17) is 10.00 Å². The van der Waals surface area contributed by atoms with Crippen LogP contribution in [-0.2, 0) is 0 Å². The van der Waals surface area contributed by atoms with Gasteiger partial charge in [0.1, 0.15) is 17.9 Å². The third-order valence-electron chi connectivity index (χ3n) is 3.20. The van der Waals surface area contributed by atoms with Gasteiger partial charge in [-0.2, -0.15) is 5.26 Å². The molecule has 0 bridgehead atoms. The van der Waals surface area contributed by atoms with Gasteiger partial charge in [0.25, 0.3) is 0 Å². The number of hydrogen-bond donors (Lipinski definition) is 0. The molecule has 1 unspecified atom stereocenters. The van der Waals surface area contributed by atoms with Crippen molar-refractivity contribution in [3.63, 3.8) is 0 Å². The molecule has 1 aliphatic rings. The van der Waals surface area contributed by atoms with Gasteiger partial charge in [-0.1, -0.05) is 12.1 Å². The minimum atomic E-state index is 0.245. The average molecular weight is 230 g/mol. The average Bonchev–Trinajstić information content (AvgIpc) is 2.55. The van der Waals surface area contributed by atoms with Crippen LogP contribution >= 0.6 is 0 Å². The van der Waals surface area contributed by atoms with E-state index in [0.29, 0.717) is 5.56 Å². The Hall–Kier alpha value is -1.53. The third kappa shape index (κ3) is 3.21. The molecule has 0 spiro atoms. The number of likely N-dealkylation sites (tertiary alicyclic amines) is 1. The molecule has 90 valence electrons. The maximum Gasteiger partial charge on any atom is 0.137 e. The Kier molecular flexibility index (Phi) is 4.00. The smallest absolute Gasteiger partial charge is 0.137 e. The van der Waals surface area contributed by atoms with Crippen LogP contribution in [0.1, 0.15) is 24.8 Å². The van der Waals surface area contributed by atoms with Crippen LogP contribution in [0.2, 0.25) is 0 Å². The van der Waals surface area contributed by atoms with E-state index in [9.17, 15) is 0 Å². The van der Waals surface area contributed by atoms with Gasteiger partial charge in [0, 0.05) is 6.54 Å². The molecule has 1 atom stereocenters. The fourth-order valence-corrected chi connectivity index (χ4v) is 2.17. The van der Waals surface area contributed by atoms with E-state index < -0.39 is 0 Å². The van der Waals surface area contributed by atoms with Crippen LogP contribution in [0.25, 0.3) is 0 Å². The quantitative estimate of drug-likeness (QED) is 0.783. The van der Waals surface area contributed by atoms with E-state index in [1.165, 1.54) is 0 Å². The Bertz CT molecular complexity index is 411. The van der Waals surface area contributed by atoms with Gasteiger partial charge in [-0.25, -0.2) is 0 Å².